The second-order valence-electron chi connectivity index (χ2n) is 4.26. The fraction of sp³-hybridized carbons (Fsp3) is 0.500. The molecule has 1 aromatic heterocycles. The van der Waals surface area contributed by atoms with Crippen LogP contribution in [0.3, 0.4) is 0 Å². The van der Waals surface area contributed by atoms with Crippen LogP contribution in [0, 0.1) is 6.33 Å². The lowest BCUT2D eigenvalue weighted by atomic mass is 10.2. The van der Waals surface area contributed by atoms with Crippen molar-refractivity contribution < 1.29 is 5.11 Å². The number of aliphatic hydroxyl groups is 1. The number of aromatic nitrogens is 2. The first-order chi connectivity index (χ1) is 8.81. The van der Waals surface area contributed by atoms with E-state index in [1.807, 2.05) is 16.7 Å². The molecule has 0 saturated heterocycles. The number of para-hydroxylation sites is 1. The van der Waals surface area contributed by atoms with Crippen molar-refractivity contribution >= 4 is 16.7 Å². The summed E-state index contributed by atoms with van der Waals surface area (Å²) >= 11 is 0. The van der Waals surface area contributed by atoms with Crippen LogP contribution >= 0.6 is 0 Å². The summed E-state index contributed by atoms with van der Waals surface area (Å²) in [5.41, 5.74) is 3.29. The molecule has 0 saturated carbocycles. The van der Waals surface area contributed by atoms with E-state index in [0.29, 0.717) is 0 Å². The molecule has 1 N–H and O–H groups in total. The minimum Gasteiger partial charge on any atom is -0.396 e. The normalized spacial score (nSPS) is 11.1. The third kappa shape index (κ3) is 2.34. The third-order valence-corrected chi connectivity index (χ3v) is 3.20. The first kappa shape index (κ1) is 12.9. The number of benzene rings is 1. The molecule has 1 aromatic carbocycles. The van der Waals surface area contributed by atoms with E-state index in [-0.39, 0.29) is 6.61 Å². The highest BCUT2D eigenvalue weighted by molar-refractivity contribution is 5.89. The lowest BCUT2D eigenvalue weighted by Gasteiger charge is -2.22. The van der Waals surface area contributed by atoms with Gasteiger partial charge in [-0.2, -0.15) is 0 Å². The second kappa shape index (κ2) is 5.87. The second-order valence-corrected chi connectivity index (χ2v) is 4.26. The van der Waals surface area contributed by atoms with Gasteiger partial charge < -0.3 is 14.6 Å². The van der Waals surface area contributed by atoms with Gasteiger partial charge in [-0.05, 0) is 32.4 Å². The SMILES string of the molecule is CCN(CC)c1cccc2n[c]n(CCCO)c12. The van der Waals surface area contributed by atoms with Crippen molar-refractivity contribution in [3.05, 3.63) is 24.5 Å². The molecule has 0 fully saturated rings. The van der Waals surface area contributed by atoms with Gasteiger partial charge in [0, 0.05) is 26.2 Å². The number of fused-ring (bicyclic) bond motifs is 1. The van der Waals surface area contributed by atoms with Gasteiger partial charge in [-0.15, -0.1) is 0 Å². The van der Waals surface area contributed by atoms with Gasteiger partial charge >= 0.3 is 0 Å². The minimum atomic E-state index is 0.195. The van der Waals surface area contributed by atoms with Gasteiger partial charge in [0.1, 0.15) is 0 Å². The summed E-state index contributed by atoms with van der Waals surface area (Å²) in [6.07, 6.45) is 3.75. The number of nitrogens with zero attached hydrogens (tertiary/aromatic N) is 3. The monoisotopic (exact) mass is 246 g/mol. The molecule has 4 nitrogen and oxygen atoms in total. The van der Waals surface area contributed by atoms with Gasteiger partial charge in [0.2, 0.25) is 0 Å². The average molecular weight is 246 g/mol. The predicted octanol–water partition coefficient (Wildman–Crippen LogP) is 2.07. The van der Waals surface area contributed by atoms with Crippen LogP contribution in [0.15, 0.2) is 18.2 Å². The molecule has 0 aliphatic carbocycles. The molecule has 0 aliphatic rings. The Bertz CT molecular complexity index is 503. The fourth-order valence-electron chi connectivity index (χ4n) is 2.26. The number of hydrogen-bond donors (Lipinski definition) is 1. The molecule has 2 aromatic rings. The first-order valence-electron chi connectivity index (χ1n) is 6.54. The van der Waals surface area contributed by atoms with Crippen LogP contribution in [0.25, 0.3) is 11.0 Å². The Balaban J connectivity index is 2.47. The van der Waals surface area contributed by atoms with Gasteiger partial charge in [0.15, 0.2) is 6.33 Å². The Morgan fingerprint density at radius 2 is 2.11 bits per heavy atom. The molecule has 2 rings (SSSR count). The van der Waals surface area contributed by atoms with Gasteiger partial charge in [0.05, 0.1) is 16.7 Å². The summed E-state index contributed by atoms with van der Waals surface area (Å²) < 4.78 is 2.01. The van der Waals surface area contributed by atoms with E-state index in [9.17, 15) is 0 Å². The number of rotatable bonds is 6. The Hall–Kier alpha value is -1.55. The molecule has 0 atom stereocenters. The number of imidazole rings is 1. The molecule has 0 unspecified atom stereocenters. The lowest BCUT2D eigenvalue weighted by Crippen LogP contribution is -2.22. The van der Waals surface area contributed by atoms with Crippen molar-refractivity contribution in [1.29, 1.82) is 0 Å². The maximum atomic E-state index is 8.95. The number of hydrogen-bond acceptors (Lipinski definition) is 3. The van der Waals surface area contributed by atoms with Crippen LogP contribution in [0.1, 0.15) is 20.3 Å². The summed E-state index contributed by atoms with van der Waals surface area (Å²) in [5, 5.41) is 8.95. The molecule has 18 heavy (non-hydrogen) atoms. The van der Waals surface area contributed by atoms with E-state index in [1.165, 1.54) is 5.69 Å². The van der Waals surface area contributed by atoms with E-state index in [0.717, 1.165) is 37.1 Å². The van der Waals surface area contributed by atoms with Crippen molar-refractivity contribution in [1.82, 2.24) is 9.55 Å². The first-order valence-corrected chi connectivity index (χ1v) is 6.54. The van der Waals surface area contributed by atoms with Gasteiger partial charge in [-0.25, -0.2) is 4.98 Å². The van der Waals surface area contributed by atoms with Gasteiger partial charge in [-0.1, -0.05) is 6.07 Å². The standard InChI is InChI=1S/C14H20N3O/c1-3-16(4-2)13-8-5-7-12-14(13)17(11-15-12)9-6-10-18/h5,7-8,18H,3-4,6,9-10H2,1-2H3. The molecule has 97 valence electrons. The maximum absolute atomic E-state index is 8.95. The van der Waals surface area contributed by atoms with Crippen LogP contribution in [0.2, 0.25) is 0 Å². The lowest BCUT2D eigenvalue weighted by molar-refractivity contribution is 0.280. The quantitative estimate of drug-likeness (QED) is 0.848. The largest absolute Gasteiger partial charge is 0.396 e. The average Bonchev–Trinajstić information content (AvgIpc) is 2.82. The summed E-state index contributed by atoms with van der Waals surface area (Å²) in [6.45, 7) is 7.20. The van der Waals surface area contributed by atoms with Crippen molar-refractivity contribution in [2.45, 2.75) is 26.8 Å². The number of aryl methyl sites for hydroxylation is 1. The molecule has 1 heterocycles. The highest BCUT2D eigenvalue weighted by Gasteiger charge is 2.11. The van der Waals surface area contributed by atoms with Crippen molar-refractivity contribution in [3.8, 4) is 0 Å². The van der Waals surface area contributed by atoms with Crippen LogP contribution in [0.5, 0.6) is 0 Å². The summed E-state index contributed by atoms with van der Waals surface area (Å²) in [6, 6.07) is 6.17. The Kier molecular flexibility index (Phi) is 4.20. The van der Waals surface area contributed by atoms with E-state index < -0.39 is 0 Å². The molecule has 1 radical (unpaired) electrons. The summed E-state index contributed by atoms with van der Waals surface area (Å²) in [7, 11) is 0. The van der Waals surface area contributed by atoms with Gasteiger partial charge in [-0.3, -0.25) is 0 Å². The highest BCUT2D eigenvalue weighted by atomic mass is 16.3. The number of anilines is 1. The fourth-order valence-corrected chi connectivity index (χ4v) is 2.26. The zero-order valence-corrected chi connectivity index (χ0v) is 11.1. The molecular formula is C14H20N3O. The van der Waals surface area contributed by atoms with E-state index in [2.05, 4.69) is 36.1 Å². The molecule has 0 amide bonds. The van der Waals surface area contributed by atoms with Crippen LogP contribution in [-0.2, 0) is 6.54 Å². The van der Waals surface area contributed by atoms with Crippen LogP contribution < -0.4 is 4.90 Å². The van der Waals surface area contributed by atoms with Crippen molar-refractivity contribution in [2.24, 2.45) is 0 Å². The topological polar surface area (TPSA) is 41.3 Å². The summed E-state index contributed by atoms with van der Waals surface area (Å²) in [4.78, 5) is 6.63. The highest BCUT2D eigenvalue weighted by Crippen LogP contribution is 2.26. The molecular weight excluding hydrogens is 226 g/mol. The zero-order chi connectivity index (χ0) is 13.0. The Morgan fingerprint density at radius 3 is 2.78 bits per heavy atom. The molecule has 4 heteroatoms. The van der Waals surface area contributed by atoms with Gasteiger partial charge in [0.25, 0.3) is 0 Å². The third-order valence-electron chi connectivity index (χ3n) is 3.20. The van der Waals surface area contributed by atoms with Crippen molar-refractivity contribution in [2.75, 3.05) is 24.6 Å². The molecule has 0 bridgehead atoms. The van der Waals surface area contributed by atoms with E-state index >= 15 is 0 Å². The van der Waals surface area contributed by atoms with E-state index in [1.54, 1.807) is 0 Å². The zero-order valence-electron chi connectivity index (χ0n) is 11.1. The van der Waals surface area contributed by atoms with Crippen LogP contribution in [-0.4, -0.2) is 34.4 Å². The Morgan fingerprint density at radius 1 is 1.33 bits per heavy atom. The smallest absolute Gasteiger partial charge is 0.177 e. The maximum Gasteiger partial charge on any atom is 0.177 e. The predicted molar refractivity (Wildman–Crippen MR) is 73.8 cm³/mol. The van der Waals surface area contributed by atoms with E-state index in [4.69, 9.17) is 5.11 Å². The van der Waals surface area contributed by atoms with Crippen molar-refractivity contribution in [3.63, 3.8) is 0 Å². The molecule has 0 spiro atoms. The number of aliphatic hydroxyl groups excluding tert-OH is 1. The minimum absolute atomic E-state index is 0.195. The van der Waals surface area contributed by atoms with Crippen LogP contribution in [0.4, 0.5) is 5.69 Å². The Labute approximate surface area is 108 Å². The molecule has 0 aliphatic heterocycles. The summed E-state index contributed by atoms with van der Waals surface area (Å²) in [5.74, 6) is 0.